The lowest BCUT2D eigenvalue weighted by atomic mass is 9.93. The van der Waals surface area contributed by atoms with Crippen molar-refractivity contribution in [1.29, 1.82) is 0 Å². The molecule has 128 valence electrons. The third kappa shape index (κ3) is 5.30. The lowest BCUT2D eigenvalue weighted by Gasteiger charge is -2.35. The zero-order valence-corrected chi connectivity index (χ0v) is 14.3. The second kappa shape index (κ2) is 7.90. The average molecular weight is 339 g/mol. The van der Waals surface area contributed by atoms with Crippen LogP contribution in [-0.2, 0) is 14.8 Å². The molecule has 0 saturated carbocycles. The Morgan fingerprint density at radius 2 is 2.09 bits per heavy atom. The maximum atomic E-state index is 12.8. The van der Waals surface area contributed by atoms with Gasteiger partial charge >= 0.3 is 0 Å². The highest BCUT2D eigenvalue weighted by Crippen LogP contribution is 2.22. The molecular weight excluding hydrogens is 314 g/mol. The molecule has 2 rings (SSSR count). The highest BCUT2D eigenvalue weighted by atomic mass is 32.2. The SMILES string of the molecule is CS(=O)(=O)NCC1CCCN(C(=O)C(CN)c2ccccc2)C1. The van der Waals surface area contributed by atoms with E-state index in [-0.39, 0.29) is 24.3 Å². The van der Waals surface area contributed by atoms with Crippen molar-refractivity contribution in [2.75, 3.05) is 32.4 Å². The van der Waals surface area contributed by atoms with E-state index >= 15 is 0 Å². The summed E-state index contributed by atoms with van der Waals surface area (Å²) < 4.78 is 25.0. The van der Waals surface area contributed by atoms with Crippen molar-refractivity contribution in [2.24, 2.45) is 11.7 Å². The smallest absolute Gasteiger partial charge is 0.231 e. The van der Waals surface area contributed by atoms with E-state index in [4.69, 9.17) is 5.73 Å². The Kier molecular flexibility index (Phi) is 6.15. The van der Waals surface area contributed by atoms with Crippen molar-refractivity contribution in [3.63, 3.8) is 0 Å². The van der Waals surface area contributed by atoms with Gasteiger partial charge in [-0.2, -0.15) is 0 Å². The zero-order valence-electron chi connectivity index (χ0n) is 13.4. The summed E-state index contributed by atoms with van der Waals surface area (Å²) in [5.74, 6) is -0.155. The molecular formula is C16H25N3O3S. The van der Waals surface area contributed by atoms with Gasteiger partial charge in [-0.3, -0.25) is 4.79 Å². The van der Waals surface area contributed by atoms with Crippen LogP contribution in [0, 0.1) is 5.92 Å². The number of likely N-dealkylation sites (tertiary alicyclic amines) is 1. The number of nitrogens with one attached hydrogen (secondary N) is 1. The summed E-state index contributed by atoms with van der Waals surface area (Å²) in [6.07, 6.45) is 2.96. The first-order valence-electron chi connectivity index (χ1n) is 7.89. The minimum atomic E-state index is -3.20. The predicted octanol–water partition coefficient (Wildman–Crippen LogP) is 0.517. The molecule has 1 amide bonds. The quantitative estimate of drug-likeness (QED) is 0.790. The summed E-state index contributed by atoms with van der Waals surface area (Å²) in [5, 5.41) is 0. The van der Waals surface area contributed by atoms with Gasteiger partial charge in [0.15, 0.2) is 0 Å². The largest absolute Gasteiger partial charge is 0.342 e. The molecule has 2 atom stereocenters. The lowest BCUT2D eigenvalue weighted by Crippen LogP contribution is -2.46. The predicted molar refractivity (Wildman–Crippen MR) is 90.4 cm³/mol. The van der Waals surface area contributed by atoms with Gasteiger partial charge in [-0.15, -0.1) is 0 Å². The minimum Gasteiger partial charge on any atom is -0.342 e. The van der Waals surface area contributed by atoms with Crippen molar-refractivity contribution in [2.45, 2.75) is 18.8 Å². The third-order valence-corrected chi connectivity index (χ3v) is 4.89. The molecule has 2 unspecified atom stereocenters. The molecule has 1 saturated heterocycles. The number of amides is 1. The summed E-state index contributed by atoms with van der Waals surface area (Å²) in [5.41, 5.74) is 6.75. The molecule has 0 aliphatic carbocycles. The van der Waals surface area contributed by atoms with Gasteiger partial charge < -0.3 is 10.6 Å². The van der Waals surface area contributed by atoms with Crippen molar-refractivity contribution in [3.05, 3.63) is 35.9 Å². The fourth-order valence-corrected chi connectivity index (χ4v) is 3.52. The van der Waals surface area contributed by atoms with Crippen LogP contribution in [0.15, 0.2) is 30.3 Å². The molecule has 1 aliphatic rings. The number of rotatable bonds is 6. The van der Waals surface area contributed by atoms with E-state index in [2.05, 4.69) is 4.72 Å². The van der Waals surface area contributed by atoms with E-state index in [1.807, 2.05) is 35.2 Å². The number of benzene rings is 1. The Labute approximate surface area is 138 Å². The second-order valence-corrected chi connectivity index (χ2v) is 7.95. The van der Waals surface area contributed by atoms with E-state index in [1.54, 1.807) is 0 Å². The Bertz CT molecular complexity index is 619. The molecule has 0 bridgehead atoms. The standard InChI is InChI=1S/C16H25N3O3S/c1-23(21,22)18-11-13-6-5-9-19(12-13)16(20)15(10-17)14-7-3-2-4-8-14/h2-4,7-8,13,15,18H,5-6,9-12,17H2,1H3. The van der Waals surface area contributed by atoms with Crippen LogP contribution in [0.25, 0.3) is 0 Å². The number of piperidine rings is 1. The van der Waals surface area contributed by atoms with Gasteiger partial charge in [0.1, 0.15) is 0 Å². The van der Waals surface area contributed by atoms with Gasteiger partial charge in [0.2, 0.25) is 15.9 Å². The molecule has 6 nitrogen and oxygen atoms in total. The lowest BCUT2D eigenvalue weighted by molar-refractivity contribution is -0.134. The van der Waals surface area contributed by atoms with Gasteiger partial charge in [0, 0.05) is 26.2 Å². The van der Waals surface area contributed by atoms with Crippen LogP contribution in [0.5, 0.6) is 0 Å². The van der Waals surface area contributed by atoms with Crippen LogP contribution in [0.4, 0.5) is 0 Å². The summed E-state index contributed by atoms with van der Waals surface area (Å²) in [6.45, 7) is 1.93. The van der Waals surface area contributed by atoms with Crippen molar-refractivity contribution in [1.82, 2.24) is 9.62 Å². The Balaban J connectivity index is 2.00. The van der Waals surface area contributed by atoms with Gasteiger partial charge in [0.25, 0.3) is 0 Å². The molecule has 3 N–H and O–H groups in total. The normalized spacial score (nSPS) is 20.3. The Morgan fingerprint density at radius 1 is 1.39 bits per heavy atom. The Hall–Kier alpha value is -1.44. The van der Waals surface area contributed by atoms with Gasteiger partial charge in [-0.05, 0) is 24.3 Å². The molecule has 0 radical (unpaired) electrons. The molecule has 0 aromatic heterocycles. The maximum Gasteiger partial charge on any atom is 0.231 e. The van der Waals surface area contributed by atoms with Crippen LogP contribution in [0.1, 0.15) is 24.3 Å². The molecule has 7 heteroatoms. The molecule has 0 spiro atoms. The van der Waals surface area contributed by atoms with Crippen LogP contribution >= 0.6 is 0 Å². The topological polar surface area (TPSA) is 92.5 Å². The molecule has 1 aromatic carbocycles. The second-order valence-electron chi connectivity index (χ2n) is 6.11. The number of sulfonamides is 1. The zero-order chi connectivity index (χ0) is 16.9. The molecule has 23 heavy (non-hydrogen) atoms. The number of carbonyl (C=O) groups is 1. The van der Waals surface area contributed by atoms with Gasteiger partial charge in [-0.1, -0.05) is 30.3 Å². The first-order valence-corrected chi connectivity index (χ1v) is 9.78. The molecule has 1 aromatic rings. The number of hydrogen-bond donors (Lipinski definition) is 2. The fourth-order valence-electron chi connectivity index (χ4n) is 2.99. The van der Waals surface area contributed by atoms with E-state index in [9.17, 15) is 13.2 Å². The average Bonchev–Trinajstić information content (AvgIpc) is 2.54. The van der Waals surface area contributed by atoms with Crippen molar-refractivity contribution >= 4 is 15.9 Å². The van der Waals surface area contributed by atoms with Crippen molar-refractivity contribution < 1.29 is 13.2 Å². The van der Waals surface area contributed by atoms with E-state index in [0.717, 1.165) is 24.7 Å². The first-order chi connectivity index (χ1) is 10.9. The fraction of sp³-hybridized carbons (Fsp3) is 0.562. The highest BCUT2D eigenvalue weighted by Gasteiger charge is 2.29. The van der Waals surface area contributed by atoms with E-state index < -0.39 is 10.0 Å². The number of carbonyl (C=O) groups excluding carboxylic acids is 1. The van der Waals surface area contributed by atoms with E-state index in [0.29, 0.717) is 19.6 Å². The first kappa shape index (κ1) is 17.9. The highest BCUT2D eigenvalue weighted by molar-refractivity contribution is 7.88. The van der Waals surface area contributed by atoms with Gasteiger partial charge in [0.05, 0.1) is 12.2 Å². The summed E-state index contributed by atoms with van der Waals surface area (Å²) >= 11 is 0. The van der Waals surface area contributed by atoms with Crippen LogP contribution in [0.3, 0.4) is 0 Å². The maximum absolute atomic E-state index is 12.8. The van der Waals surface area contributed by atoms with Crippen LogP contribution in [-0.4, -0.2) is 51.7 Å². The number of nitrogens with two attached hydrogens (primary N) is 1. The van der Waals surface area contributed by atoms with Crippen LogP contribution < -0.4 is 10.5 Å². The molecule has 1 heterocycles. The van der Waals surface area contributed by atoms with Gasteiger partial charge in [-0.25, -0.2) is 13.1 Å². The summed E-state index contributed by atoms with van der Waals surface area (Å²) in [7, 11) is -3.20. The third-order valence-electron chi connectivity index (χ3n) is 4.20. The summed E-state index contributed by atoms with van der Waals surface area (Å²) in [6, 6.07) is 9.56. The molecule has 1 fully saturated rings. The number of hydrogen-bond acceptors (Lipinski definition) is 4. The molecule has 1 aliphatic heterocycles. The monoisotopic (exact) mass is 339 g/mol. The van der Waals surface area contributed by atoms with Crippen molar-refractivity contribution in [3.8, 4) is 0 Å². The minimum absolute atomic E-state index is 0.0303. The Morgan fingerprint density at radius 3 is 2.70 bits per heavy atom. The number of nitrogens with zero attached hydrogens (tertiary/aromatic N) is 1. The van der Waals surface area contributed by atoms with E-state index in [1.165, 1.54) is 0 Å². The summed E-state index contributed by atoms with van der Waals surface area (Å²) in [4.78, 5) is 14.6. The van der Waals surface area contributed by atoms with Crippen LogP contribution in [0.2, 0.25) is 0 Å².